The fourth-order valence-corrected chi connectivity index (χ4v) is 10.7. The zero-order valence-electron chi connectivity index (χ0n) is 15.7. The molecule has 4 heterocycles. The zero-order valence-corrected chi connectivity index (χ0v) is 19.8. The normalized spacial score (nSPS) is 20.2. The summed E-state index contributed by atoms with van der Waals surface area (Å²) in [7, 11) is 4.09. The number of nitriles is 1. The van der Waals surface area contributed by atoms with E-state index >= 15 is 0 Å². The monoisotopic (exact) mass is 484 g/mol. The molecule has 11 heteroatoms. The molecule has 0 radical (unpaired) electrons. The van der Waals surface area contributed by atoms with Gasteiger partial charge in [-0.05, 0) is 13.8 Å². The standard InChI is InChI=1S/C18H14F2N4S5/c1-7-8(2)24(4)14(23(7)3)16-28-17-18(29-16)27-15(26-17)13-11(20)10(19)12(25-13)9(5-21)6-22/h5,21H,1-4H3/b12-9-,21-5?. The first-order valence-corrected chi connectivity index (χ1v) is 12.3. The lowest BCUT2D eigenvalue weighted by molar-refractivity contribution is 0.423. The van der Waals surface area contributed by atoms with E-state index in [0.29, 0.717) is 4.24 Å². The molecule has 0 bridgehead atoms. The third kappa shape index (κ3) is 3.25. The number of halogens is 2. The molecular formula is C18H14F2N4S5. The molecule has 0 saturated heterocycles. The highest BCUT2D eigenvalue weighted by molar-refractivity contribution is 8.51. The second kappa shape index (κ2) is 7.74. The van der Waals surface area contributed by atoms with E-state index in [1.807, 2.05) is 14.1 Å². The highest BCUT2D eigenvalue weighted by atomic mass is 32.3. The molecule has 29 heavy (non-hydrogen) atoms. The average Bonchev–Trinajstić information content (AvgIpc) is 3.38. The van der Waals surface area contributed by atoms with E-state index in [9.17, 15) is 8.78 Å². The van der Waals surface area contributed by atoms with Crippen molar-refractivity contribution in [1.29, 1.82) is 10.7 Å². The number of hydrogen-bond donors (Lipinski definition) is 1. The van der Waals surface area contributed by atoms with Crippen LogP contribution in [0.2, 0.25) is 0 Å². The van der Waals surface area contributed by atoms with Gasteiger partial charge in [-0.25, -0.2) is 8.78 Å². The molecule has 0 spiro atoms. The Morgan fingerprint density at radius 3 is 1.93 bits per heavy atom. The average molecular weight is 485 g/mol. The lowest BCUT2D eigenvalue weighted by Crippen LogP contribution is -2.19. The Balaban J connectivity index is 1.68. The third-order valence-corrected chi connectivity index (χ3v) is 11.8. The first kappa shape index (κ1) is 20.9. The maximum atomic E-state index is 14.5. The van der Waals surface area contributed by atoms with Crippen molar-refractivity contribution in [2.45, 2.75) is 13.8 Å². The van der Waals surface area contributed by atoms with Crippen molar-refractivity contribution in [2.75, 3.05) is 14.1 Å². The van der Waals surface area contributed by atoms with Crippen molar-refractivity contribution in [3.8, 4) is 6.07 Å². The lowest BCUT2D eigenvalue weighted by Gasteiger charge is -2.22. The molecule has 4 nitrogen and oxygen atoms in total. The summed E-state index contributed by atoms with van der Waals surface area (Å²) >= 11 is 7.06. The molecule has 0 atom stereocenters. The minimum Gasteiger partial charge on any atom is -0.332 e. The van der Waals surface area contributed by atoms with E-state index in [-0.39, 0.29) is 14.6 Å². The molecule has 0 unspecified atom stereocenters. The minimum absolute atomic E-state index is 0.120. The van der Waals surface area contributed by atoms with Gasteiger partial charge >= 0.3 is 0 Å². The number of hydrogen-bond acceptors (Lipinski definition) is 9. The summed E-state index contributed by atoms with van der Waals surface area (Å²) in [6, 6.07) is 1.75. The van der Waals surface area contributed by atoms with Gasteiger partial charge in [-0.2, -0.15) is 5.26 Å². The Hall–Kier alpha value is -1.32. The van der Waals surface area contributed by atoms with Crippen LogP contribution in [0.5, 0.6) is 0 Å². The van der Waals surface area contributed by atoms with E-state index in [2.05, 4.69) is 23.6 Å². The van der Waals surface area contributed by atoms with Gasteiger partial charge in [-0.15, -0.1) is 11.3 Å². The number of rotatable bonds is 1. The van der Waals surface area contributed by atoms with Crippen LogP contribution < -0.4 is 9.06 Å². The van der Waals surface area contributed by atoms with Crippen LogP contribution in [-0.4, -0.2) is 30.1 Å². The van der Waals surface area contributed by atoms with Crippen LogP contribution in [0.4, 0.5) is 8.78 Å². The summed E-state index contributed by atoms with van der Waals surface area (Å²) in [6.45, 7) is 4.18. The summed E-state index contributed by atoms with van der Waals surface area (Å²) in [5, 5.41) is 16.3. The van der Waals surface area contributed by atoms with Crippen LogP contribution in [0.3, 0.4) is 0 Å². The fraction of sp³-hybridized carbons (Fsp3) is 0.222. The largest absolute Gasteiger partial charge is 0.332 e. The second-order valence-electron chi connectivity index (χ2n) is 6.23. The van der Waals surface area contributed by atoms with Gasteiger partial charge in [0.2, 0.25) is 0 Å². The quantitative estimate of drug-likeness (QED) is 0.577. The van der Waals surface area contributed by atoms with Gasteiger partial charge in [-0.3, -0.25) is 0 Å². The van der Waals surface area contributed by atoms with Crippen LogP contribution in [0.25, 0.3) is 9.81 Å². The maximum Gasteiger partial charge on any atom is 0.179 e. The highest BCUT2D eigenvalue weighted by Crippen LogP contribution is 2.68. The number of allylic oxidation sites excluding steroid dienone is 2. The van der Waals surface area contributed by atoms with Gasteiger partial charge in [-0.1, -0.05) is 47.0 Å². The van der Waals surface area contributed by atoms with Crippen LogP contribution in [0.15, 0.2) is 29.9 Å². The van der Waals surface area contributed by atoms with E-state index in [4.69, 9.17) is 10.7 Å². The Morgan fingerprint density at radius 2 is 1.45 bits per heavy atom. The Morgan fingerprint density at radius 1 is 0.931 bits per heavy atom. The van der Waals surface area contributed by atoms with Gasteiger partial charge in [0.1, 0.15) is 11.9 Å². The molecular weight excluding hydrogens is 471 g/mol. The first-order chi connectivity index (χ1) is 13.8. The molecule has 3 aliphatic rings. The predicted molar refractivity (Wildman–Crippen MR) is 123 cm³/mol. The number of thiophene rings is 1. The summed E-state index contributed by atoms with van der Waals surface area (Å²) < 4.78 is 32.9. The predicted octanol–water partition coefficient (Wildman–Crippen LogP) is 4.76. The second-order valence-corrected chi connectivity index (χ2v) is 12.4. The lowest BCUT2D eigenvalue weighted by atomic mass is 10.3. The Labute approximate surface area is 187 Å². The van der Waals surface area contributed by atoms with E-state index in [0.717, 1.165) is 36.1 Å². The van der Waals surface area contributed by atoms with Gasteiger partial charge in [0.15, 0.2) is 11.6 Å². The number of nitrogens with one attached hydrogen (secondary N) is 1. The van der Waals surface area contributed by atoms with Crippen molar-refractivity contribution < 1.29 is 8.78 Å². The van der Waals surface area contributed by atoms with Crippen molar-refractivity contribution in [2.24, 2.45) is 0 Å². The zero-order chi connectivity index (χ0) is 21.0. The van der Waals surface area contributed by atoms with Gasteiger partial charge in [0.25, 0.3) is 0 Å². The number of thioether (sulfide) groups is 4. The van der Waals surface area contributed by atoms with Crippen LogP contribution in [0.1, 0.15) is 13.8 Å². The molecule has 4 rings (SSSR count). The summed E-state index contributed by atoms with van der Waals surface area (Å²) in [5.74, 6) is -0.878. The third-order valence-electron chi connectivity index (χ3n) is 4.75. The van der Waals surface area contributed by atoms with Gasteiger partial charge in [0, 0.05) is 31.7 Å². The van der Waals surface area contributed by atoms with Gasteiger partial charge in [0.05, 0.1) is 31.6 Å². The topological polar surface area (TPSA) is 54.1 Å². The Kier molecular flexibility index (Phi) is 5.59. The summed E-state index contributed by atoms with van der Waals surface area (Å²) in [4.78, 5) is 4.34. The molecule has 0 amide bonds. The molecule has 1 aromatic heterocycles. The highest BCUT2D eigenvalue weighted by Gasteiger charge is 2.36. The molecule has 0 saturated carbocycles. The molecule has 150 valence electrons. The maximum absolute atomic E-state index is 14.5. The van der Waals surface area contributed by atoms with E-state index in [1.54, 1.807) is 29.6 Å². The first-order valence-electron chi connectivity index (χ1n) is 8.26. The summed E-state index contributed by atoms with van der Waals surface area (Å²) in [6.07, 6.45) is 0.757. The molecule has 0 aromatic carbocycles. The fourth-order valence-electron chi connectivity index (χ4n) is 2.92. The van der Waals surface area contributed by atoms with Crippen LogP contribution in [-0.2, 0) is 0 Å². The molecule has 3 aliphatic heterocycles. The van der Waals surface area contributed by atoms with Crippen molar-refractivity contribution in [3.05, 3.63) is 50.6 Å². The smallest absolute Gasteiger partial charge is 0.179 e. The van der Waals surface area contributed by atoms with Crippen LogP contribution >= 0.6 is 58.4 Å². The molecule has 1 N–H and O–H groups in total. The van der Waals surface area contributed by atoms with Crippen LogP contribution in [0, 0.1) is 28.4 Å². The van der Waals surface area contributed by atoms with E-state index in [1.165, 1.54) is 34.9 Å². The minimum atomic E-state index is -1.06. The Bertz CT molecular complexity index is 1180. The molecule has 1 aromatic rings. The van der Waals surface area contributed by atoms with Crippen molar-refractivity contribution in [1.82, 2.24) is 9.80 Å². The van der Waals surface area contributed by atoms with Gasteiger partial charge < -0.3 is 15.2 Å². The van der Waals surface area contributed by atoms with Crippen molar-refractivity contribution in [3.63, 3.8) is 0 Å². The molecule has 0 fully saturated rings. The van der Waals surface area contributed by atoms with E-state index < -0.39 is 11.6 Å². The molecule has 0 aliphatic carbocycles. The number of nitrogens with zero attached hydrogens (tertiary/aromatic N) is 3. The summed E-state index contributed by atoms with van der Waals surface area (Å²) in [5.41, 5.74) is 2.23. The SMILES string of the molecule is CC1=C(C)N(C)C(=C2SC3=C(S2)SC(=c2s/c(=C(\C#N)C=N)c(F)c2F)S3)N1C. The van der Waals surface area contributed by atoms with Crippen molar-refractivity contribution >= 4 is 74.4 Å².